The van der Waals surface area contributed by atoms with Crippen molar-refractivity contribution >= 4 is 35.5 Å². The van der Waals surface area contributed by atoms with Crippen molar-refractivity contribution in [2.45, 2.75) is 50.7 Å². The summed E-state index contributed by atoms with van der Waals surface area (Å²) in [6.45, 7) is 1.43. The van der Waals surface area contributed by atoms with E-state index in [4.69, 9.17) is 24.4 Å². The van der Waals surface area contributed by atoms with Crippen LogP contribution in [0.1, 0.15) is 30.5 Å². The number of benzene rings is 1. The van der Waals surface area contributed by atoms with E-state index < -0.39 is 55.0 Å². The highest BCUT2D eigenvalue weighted by Crippen LogP contribution is 2.12. The van der Waals surface area contributed by atoms with E-state index in [2.05, 4.69) is 26.3 Å². The summed E-state index contributed by atoms with van der Waals surface area (Å²) in [4.78, 5) is 57.9. The number of nitrogens with one attached hydrogen (secondary N) is 3. The molecule has 1 aromatic heterocycles. The maximum atomic E-state index is 12.2. The quantitative estimate of drug-likeness (QED) is 0.0846. The Kier molecular flexibility index (Phi) is 17.2. The van der Waals surface area contributed by atoms with Crippen molar-refractivity contribution in [3.63, 3.8) is 0 Å². The first kappa shape index (κ1) is 37.5. The Hall–Kier alpha value is -4.68. The summed E-state index contributed by atoms with van der Waals surface area (Å²) < 4.78 is 30.0. The third-order valence-electron chi connectivity index (χ3n) is 6.13. The van der Waals surface area contributed by atoms with Gasteiger partial charge in [0, 0.05) is 24.7 Å². The standard InChI is InChI=1S/C28H39FN6O11/c29-9-1-2-21-17-35(34-33-21)10-11-44-12-13-45-14-15-46-18-24(36)30-20-5-3-19(4-6-20)16-23(27(41)42)32-28(43)31-22(26(39)40)7-8-25(37)38/h3-6,17,22-23H,1-2,7-16,18H2,(H,30,36)(H,37,38)(H,39,40)(H,41,42)(H2,31,32,43). The summed E-state index contributed by atoms with van der Waals surface area (Å²) in [6.07, 6.45) is 1.70. The molecule has 1 heterocycles. The molecule has 0 aliphatic rings. The van der Waals surface area contributed by atoms with Crippen LogP contribution in [-0.4, -0.2) is 119 Å². The number of urea groups is 1. The minimum absolute atomic E-state index is 0.150. The number of hydrogen-bond acceptors (Lipinski definition) is 10. The van der Waals surface area contributed by atoms with Gasteiger partial charge in [0.1, 0.15) is 18.7 Å². The van der Waals surface area contributed by atoms with Crippen LogP contribution in [0.4, 0.5) is 14.9 Å². The monoisotopic (exact) mass is 654 g/mol. The van der Waals surface area contributed by atoms with Crippen LogP contribution in [-0.2, 0) is 52.8 Å². The fourth-order valence-corrected chi connectivity index (χ4v) is 3.81. The summed E-state index contributed by atoms with van der Waals surface area (Å²) in [5.74, 6) is -4.49. The average molecular weight is 655 g/mol. The molecular formula is C28H39FN6O11. The summed E-state index contributed by atoms with van der Waals surface area (Å²) in [5.41, 5.74) is 1.66. The third kappa shape index (κ3) is 15.9. The Balaban J connectivity index is 1.60. The number of hydrogen-bond donors (Lipinski definition) is 6. The van der Waals surface area contributed by atoms with Crippen molar-refractivity contribution in [3.8, 4) is 0 Å². The number of amides is 3. The number of halogens is 1. The van der Waals surface area contributed by atoms with Gasteiger partial charge in [-0.2, -0.15) is 0 Å². The Bertz CT molecular complexity index is 1260. The summed E-state index contributed by atoms with van der Waals surface area (Å²) >= 11 is 0. The van der Waals surface area contributed by atoms with Crippen LogP contribution in [0.5, 0.6) is 0 Å². The van der Waals surface area contributed by atoms with E-state index in [1.807, 2.05) is 0 Å². The van der Waals surface area contributed by atoms with Gasteiger partial charge in [-0.05, 0) is 37.0 Å². The first-order valence-electron chi connectivity index (χ1n) is 14.4. The topological polar surface area (TPSA) is 241 Å². The second kappa shape index (κ2) is 21.1. The Morgan fingerprint density at radius 1 is 0.870 bits per heavy atom. The van der Waals surface area contributed by atoms with E-state index >= 15 is 0 Å². The molecule has 0 aliphatic heterocycles. The van der Waals surface area contributed by atoms with Gasteiger partial charge in [-0.1, -0.05) is 17.3 Å². The predicted molar refractivity (Wildman–Crippen MR) is 157 cm³/mol. The molecular weight excluding hydrogens is 615 g/mol. The molecule has 18 heteroatoms. The lowest BCUT2D eigenvalue weighted by Gasteiger charge is -2.18. The number of rotatable bonds is 24. The van der Waals surface area contributed by atoms with Gasteiger partial charge in [0.25, 0.3) is 0 Å². The second-order valence-electron chi connectivity index (χ2n) is 9.82. The predicted octanol–water partition coefficient (Wildman–Crippen LogP) is 0.482. The molecule has 2 unspecified atom stereocenters. The molecule has 0 aliphatic carbocycles. The molecule has 1 aromatic carbocycles. The molecule has 46 heavy (non-hydrogen) atoms. The highest BCUT2D eigenvalue weighted by molar-refractivity contribution is 5.91. The highest BCUT2D eigenvalue weighted by atomic mass is 19.1. The second-order valence-corrected chi connectivity index (χ2v) is 9.82. The van der Waals surface area contributed by atoms with Gasteiger partial charge in [0.15, 0.2) is 0 Å². The molecule has 2 aromatic rings. The molecule has 0 saturated carbocycles. The van der Waals surface area contributed by atoms with Crippen molar-refractivity contribution in [1.82, 2.24) is 25.6 Å². The zero-order chi connectivity index (χ0) is 33.7. The number of carbonyl (C=O) groups excluding carboxylic acids is 2. The zero-order valence-corrected chi connectivity index (χ0v) is 25.1. The molecule has 3 amide bonds. The van der Waals surface area contributed by atoms with Gasteiger partial charge in [-0.15, -0.1) is 5.10 Å². The normalized spacial score (nSPS) is 12.2. The van der Waals surface area contributed by atoms with Crippen LogP contribution in [0.25, 0.3) is 0 Å². The number of carboxylic acid groups (broad SMARTS) is 3. The molecule has 0 fully saturated rings. The van der Waals surface area contributed by atoms with Crippen LogP contribution < -0.4 is 16.0 Å². The fourth-order valence-electron chi connectivity index (χ4n) is 3.81. The SMILES string of the molecule is O=C(O)CCC(NC(=O)NC(Cc1ccc(NC(=O)COCCOCCOCCn2cc(CCCF)nn2)cc1)C(=O)O)C(=O)O. The minimum atomic E-state index is -1.51. The van der Waals surface area contributed by atoms with Crippen LogP contribution in [0.15, 0.2) is 30.5 Å². The number of carboxylic acids is 3. The number of alkyl halides is 1. The van der Waals surface area contributed by atoms with E-state index in [0.29, 0.717) is 50.5 Å². The maximum Gasteiger partial charge on any atom is 0.326 e. The van der Waals surface area contributed by atoms with Gasteiger partial charge in [0.2, 0.25) is 5.91 Å². The number of anilines is 1. The first-order chi connectivity index (χ1) is 22.1. The summed E-state index contributed by atoms with van der Waals surface area (Å²) in [5, 5.41) is 42.1. The summed E-state index contributed by atoms with van der Waals surface area (Å²) in [6, 6.07) is 2.17. The van der Waals surface area contributed by atoms with Crippen LogP contribution in [0.2, 0.25) is 0 Å². The van der Waals surface area contributed by atoms with E-state index in [1.165, 1.54) is 12.1 Å². The number of aryl methyl sites for hydroxylation is 1. The van der Waals surface area contributed by atoms with Crippen molar-refractivity contribution < 1.29 is 57.9 Å². The number of aromatic nitrogens is 3. The number of ether oxygens (including phenoxy) is 3. The van der Waals surface area contributed by atoms with Crippen molar-refractivity contribution in [1.29, 1.82) is 0 Å². The Morgan fingerprint density at radius 3 is 2.13 bits per heavy atom. The van der Waals surface area contributed by atoms with Gasteiger partial charge in [-0.25, -0.2) is 19.1 Å². The molecule has 0 spiro atoms. The zero-order valence-electron chi connectivity index (χ0n) is 25.1. The Morgan fingerprint density at radius 2 is 1.50 bits per heavy atom. The lowest BCUT2D eigenvalue weighted by atomic mass is 10.1. The molecule has 17 nitrogen and oxygen atoms in total. The first-order valence-corrected chi connectivity index (χ1v) is 14.4. The van der Waals surface area contributed by atoms with Crippen LogP contribution >= 0.6 is 0 Å². The van der Waals surface area contributed by atoms with Crippen molar-refractivity contribution in [2.24, 2.45) is 0 Å². The van der Waals surface area contributed by atoms with E-state index in [1.54, 1.807) is 23.0 Å². The van der Waals surface area contributed by atoms with Crippen molar-refractivity contribution in [3.05, 3.63) is 41.7 Å². The van der Waals surface area contributed by atoms with Crippen molar-refractivity contribution in [2.75, 3.05) is 51.6 Å². The smallest absolute Gasteiger partial charge is 0.326 e. The van der Waals surface area contributed by atoms with Gasteiger partial charge >= 0.3 is 23.9 Å². The minimum Gasteiger partial charge on any atom is -0.481 e. The molecule has 2 rings (SSSR count). The molecule has 6 N–H and O–H groups in total. The third-order valence-corrected chi connectivity index (χ3v) is 6.13. The lowest BCUT2D eigenvalue weighted by Crippen LogP contribution is -2.51. The maximum absolute atomic E-state index is 12.2. The van der Waals surface area contributed by atoms with Crippen LogP contribution in [0, 0.1) is 0 Å². The largest absolute Gasteiger partial charge is 0.481 e. The highest BCUT2D eigenvalue weighted by Gasteiger charge is 2.25. The fraction of sp³-hybridized carbons (Fsp3) is 0.536. The number of nitrogens with zero attached hydrogens (tertiary/aromatic N) is 3. The molecule has 0 radical (unpaired) electrons. The van der Waals surface area contributed by atoms with E-state index in [9.17, 15) is 33.5 Å². The lowest BCUT2D eigenvalue weighted by molar-refractivity contribution is -0.140. The van der Waals surface area contributed by atoms with Gasteiger partial charge in [0.05, 0.1) is 51.9 Å². The van der Waals surface area contributed by atoms with Gasteiger partial charge in [-0.3, -0.25) is 14.0 Å². The Labute approximate surface area is 263 Å². The van der Waals surface area contributed by atoms with E-state index in [0.717, 1.165) is 5.69 Å². The van der Waals surface area contributed by atoms with E-state index in [-0.39, 0.29) is 32.7 Å². The number of carbonyl (C=O) groups is 5. The molecule has 0 bridgehead atoms. The molecule has 254 valence electrons. The average Bonchev–Trinajstić information content (AvgIpc) is 3.46. The summed E-state index contributed by atoms with van der Waals surface area (Å²) in [7, 11) is 0. The molecule has 0 saturated heterocycles. The van der Waals surface area contributed by atoms with Gasteiger partial charge < -0.3 is 45.5 Å². The van der Waals surface area contributed by atoms with Crippen LogP contribution in [0.3, 0.4) is 0 Å². The molecule has 2 atom stereocenters. The number of aliphatic carboxylic acids is 3.